The Labute approximate surface area is 131 Å². The third-order valence-electron chi connectivity index (χ3n) is 3.00. The quantitative estimate of drug-likeness (QED) is 0.831. The average Bonchev–Trinajstić information content (AvgIpc) is 2.89. The van der Waals surface area contributed by atoms with Crippen LogP contribution in [0.5, 0.6) is 0 Å². The molecule has 0 unspecified atom stereocenters. The van der Waals surface area contributed by atoms with Crippen LogP contribution in [0.1, 0.15) is 38.2 Å². The van der Waals surface area contributed by atoms with Gasteiger partial charge in [0.15, 0.2) is 5.16 Å². The second-order valence-electron chi connectivity index (χ2n) is 4.76. The Hall–Kier alpha value is -1.02. The number of halogens is 1. The van der Waals surface area contributed by atoms with Gasteiger partial charge in [-0.25, -0.2) is 0 Å². The fourth-order valence-electron chi connectivity index (χ4n) is 2.01. The van der Waals surface area contributed by atoms with Crippen molar-refractivity contribution >= 4 is 33.6 Å². The molecule has 0 saturated carbocycles. The highest BCUT2D eigenvalue weighted by Crippen LogP contribution is 2.30. The molecule has 20 heavy (non-hydrogen) atoms. The minimum Gasteiger partial charge on any atom is -0.368 e. The van der Waals surface area contributed by atoms with Crippen molar-refractivity contribution in [3.8, 4) is 0 Å². The van der Waals surface area contributed by atoms with E-state index >= 15 is 0 Å². The first kappa shape index (κ1) is 15.4. The molecule has 0 aliphatic rings. The fourth-order valence-corrected chi connectivity index (χ4v) is 3.72. The third kappa shape index (κ3) is 2.85. The van der Waals surface area contributed by atoms with Gasteiger partial charge in [0.1, 0.15) is 0 Å². The molecule has 0 amide bonds. The Morgan fingerprint density at radius 3 is 2.65 bits per heavy atom. The van der Waals surface area contributed by atoms with Gasteiger partial charge in [0, 0.05) is 18.3 Å². The van der Waals surface area contributed by atoms with E-state index in [0.29, 0.717) is 5.95 Å². The smallest absolute Gasteiger partial charge is 0.222 e. The monoisotopic (exact) mass is 358 g/mol. The van der Waals surface area contributed by atoms with Gasteiger partial charge < -0.3 is 5.73 Å². The van der Waals surface area contributed by atoms with Crippen LogP contribution in [-0.4, -0.2) is 24.5 Å². The van der Waals surface area contributed by atoms with Gasteiger partial charge in [-0.3, -0.25) is 9.25 Å². The number of hydrogen-bond donors (Lipinski definition) is 1. The molecule has 2 aromatic rings. The third-order valence-corrected chi connectivity index (χ3v) is 4.98. The zero-order chi connectivity index (χ0) is 14.9. The number of aromatic nitrogens is 5. The van der Waals surface area contributed by atoms with Crippen LogP contribution in [0, 0.1) is 6.92 Å². The Morgan fingerprint density at radius 2 is 2.05 bits per heavy atom. The van der Waals surface area contributed by atoms with E-state index in [1.807, 2.05) is 16.2 Å². The summed E-state index contributed by atoms with van der Waals surface area (Å²) in [7, 11) is 0. The van der Waals surface area contributed by atoms with Gasteiger partial charge in [0.25, 0.3) is 0 Å². The zero-order valence-electron chi connectivity index (χ0n) is 12.1. The molecule has 2 heterocycles. The molecule has 0 aromatic carbocycles. The molecule has 110 valence electrons. The second-order valence-corrected chi connectivity index (χ2v) is 6.49. The number of nitrogens with two attached hydrogens (primary N) is 1. The van der Waals surface area contributed by atoms with Crippen LogP contribution in [0.3, 0.4) is 0 Å². The summed E-state index contributed by atoms with van der Waals surface area (Å²) < 4.78 is 5.01. The normalized spacial score (nSPS) is 11.5. The number of anilines is 1. The highest BCUT2D eigenvalue weighted by atomic mass is 79.9. The van der Waals surface area contributed by atoms with Crippen LogP contribution in [0.4, 0.5) is 5.95 Å². The van der Waals surface area contributed by atoms with E-state index in [1.54, 1.807) is 11.8 Å². The summed E-state index contributed by atoms with van der Waals surface area (Å²) in [6.07, 6.45) is 0. The fraction of sp³-hybridized carbons (Fsp3) is 0.583. The van der Waals surface area contributed by atoms with Crippen molar-refractivity contribution in [3.05, 3.63) is 15.9 Å². The largest absolute Gasteiger partial charge is 0.368 e. The van der Waals surface area contributed by atoms with Crippen molar-refractivity contribution in [2.24, 2.45) is 0 Å². The lowest BCUT2D eigenvalue weighted by atomic mass is 10.4. The first-order valence-corrected chi connectivity index (χ1v) is 8.28. The van der Waals surface area contributed by atoms with Crippen LogP contribution in [0.25, 0.3) is 0 Å². The van der Waals surface area contributed by atoms with E-state index in [9.17, 15) is 0 Å². The molecule has 0 aliphatic carbocycles. The molecule has 2 aromatic heterocycles. The number of rotatable bonds is 5. The van der Waals surface area contributed by atoms with Crippen molar-refractivity contribution in [1.82, 2.24) is 24.5 Å². The first-order chi connectivity index (χ1) is 9.45. The van der Waals surface area contributed by atoms with Crippen LogP contribution >= 0.6 is 27.7 Å². The molecule has 0 bridgehead atoms. The summed E-state index contributed by atoms with van der Waals surface area (Å²) in [5, 5.41) is 13.4. The van der Waals surface area contributed by atoms with Gasteiger partial charge in [-0.15, -0.1) is 10.2 Å². The molecule has 8 heteroatoms. The molecule has 2 N–H and O–H groups in total. The lowest BCUT2D eigenvalue weighted by Crippen LogP contribution is -2.07. The highest BCUT2D eigenvalue weighted by Gasteiger charge is 2.16. The maximum atomic E-state index is 5.85. The number of nitrogens with zero attached hydrogens (tertiary/aromatic N) is 5. The van der Waals surface area contributed by atoms with E-state index in [1.165, 1.54) is 0 Å². The van der Waals surface area contributed by atoms with Gasteiger partial charge >= 0.3 is 0 Å². The summed E-state index contributed by atoms with van der Waals surface area (Å²) in [5.41, 5.74) is 8.02. The number of thioether (sulfide) groups is 1. The molecular formula is C12H19BrN6S. The Morgan fingerprint density at radius 1 is 1.35 bits per heavy atom. The van der Waals surface area contributed by atoms with E-state index in [4.69, 9.17) is 5.73 Å². The highest BCUT2D eigenvalue weighted by molar-refractivity contribution is 9.10. The summed E-state index contributed by atoms with van der Waals surface area (Å²) in [4.78, 5) is 0. The van der Waals surface area contributed by atoms with Crippen LogP contribution < -0.4 is 5.73 Å². The van der Waals surface area contributed by atoms with Gasteiger partial charge in [-0.1, -0.05) is 11.8 Å². The molecular weight excluding hydrogens is 340 g/mol. The van der Waals surface area contributed by atoms with E-state index < -0.39 is 0 Å². The van der Waals surface area contributed by atoms with E-state index in [2.05, 4.69) is 52.0 Å². The zero-order valence-corrected chi connectivity index (χ0v) is 14.5. The van der Waals surface area contributed by atoms with Gasteiger partial charge in [0.2, 0.25) is 5.95 Å². The molecule has 0 radical (unpaired) electrons. The van der Waals surface area contributed by atoms with Crippen LogP contribution in [-0.2, 0) is 12.3 Å². The summed E-state index contributed by atoms with van der Waals surface area (Å²) in [6, 6.07) is 0.244. The SMILES string of the molecule is CCn1nc(C)c(Br)c1CSc1nnc(N)n1C(C)C. The molecule has 0 aliphatic heterocycles. The van der Waals surface area contributed by atoms with Crippen molar-refractivity contribution in [1.29, 1.82) is 0 Å². The lowest BCUT2D eigenvalue weighted by molar-refractivity contribution is 0.556. The minimum absolute atomic E-state index is 0.244. The summed E-state index contributed by atoms with van der Waals surface area (Å²) in [6.45, 7) is 9.07. The molecule has 0 fully saturated rings. The van der Waals surface area contributed by atoms with Crippen LogP contribution in [0.2, 0.25) is 0 Å². The average molecular weight is 359 g/mol. The lowest BCUT2D eigenvalue weighted by Gasteiger charge is -2.11. The Kier molecular flexibility index (Phi) is 4.74. The van der Waals surface area contributed by atoms with Crippen molar-refractivity contribution in [2.75, 3.05) is 5.73 Å². The second kappa shape index (κ2) is 6.17. The first-order valence-electron chi connectivity index (χ1n) is 6.50. The summed E-state index contributed by atoms with van der Waals surface area (Å²) in [5.74, 6) is 1.24. The van der Waals surface area contributed by atoms with Crippen molar-refractivity contribution in [3.63, 3.8) is 0 Å². The predicted octanol–water partition coefficient (Wildman–Crippen LogP) is 3.02. The maximum Gasteiger partial charge on any atom is 0.222 e. The minimum atomic E-state index is 0.244. The van der Waals surface area contributed by atoms with Crippen molar-refractivity contribution in [2.45, 2.75) is 51.2 Å². The van der Waals surface area contributed by atoms with Gasteiger partial charge in [0.05, 0.1) is 15.9 Å². The van der Waals surface area contributed by atoms with Gasteiger partial charge in [-0.05, 0) is 43.6 Å². The molecule has 0 atom stereocenters. The topological polar surface area (TPSA) is 74.6 Å². The molecule has 0 saturated heterocycles. The number of aryl methyl sites for hydroxylation is 2. The van der Waals surface area contributed by atoms with E-state index in [0.717, 1.165) is 33.3 Å². The van der Waals surface area contributed by atoms with E-state index in [-0.39, 0.29) is 6.04 Å². The van der Waals surface area contributed by atoms with Crippen molar-refractivity contribution < 1.29 is 0 Å². The Balaban J connectivity index is 2.21. The molecule has 6 nitrogen and oxygen atoms in total. The maximum absolute atomic E-state index is 5.85. The molecule has 2 rings (SSSR count). The number of hydrogen-bond acceptors (Lipinski definition) is 5. The standard InChI is InChI=1S/C12H19BrN6S/c1-5-18-9(10(13)8(4)17-18)6-20-12-16-15-11(14)19(12)7(2)3/h7H,5-6H2,1-4H3,(H2,14,15). The summed E-state index contributed by atoms with van der Waals surface area (Å²) >= 11 is 5.23. The molecule has 0 spiro atoms. The van der Waals surface area contributed by atoms with Crippen LogP contribution in [0.15, 0.2) is 9.63 Å². The van der Waals surface area contributed by atoms with Gasteiger partial charge in [-0.2, -0.15) is 5.10 Å². The number of nitrogen functional groups attached to an aromatic ring is 1. The predicted molar refractivity (Wildman–Crippen MR) is 84.7 cm³/mol. The Bertz CT molecular complexity index is 603.